The quantitative estimate of drug-likeness (QED) is 0.168. The first-order valence-corrected chi connectivity index (χ1v) is 18.8. The summed E-state index contributed by atoms with van der Waals surface area (Å²) in [7, 11) is 0. The Bertz CT molecular complexity index is 2740. The fourth-order valence-corrected chi connectivity index (χ4v) is 10.2. The third kappa shape index (κ3) is 4.04. The smallest absolute Gasteiger partial charge is 0.0722 e. The third-order valence-electron chi connectivity index (χ3n) is 12.5. The number of fused-ring (bicyclic) bond motifs is 12. The van der Waals surface area contributed by atoms with E-state index < -0.39 is 0 Å². The average Bonchev–Trinajstić information content (AvgIpc) is 3.77. The molecule has 0 saturated heterocycles. The van der Waals surface area contributed by atoms with Crippen molar-refractivity contribution in [3.05, 3.63) is 226 Å². The van der Waals surface area contributed by atoms with Gasteiger partial charge in [0.05, 0.1) is 11.1 Å². The number of benzene rings is 6. The molecule has 0 amide bonds. The molecular weight excluding hydrogens is 639 g/mol. The number of para-hydroxylation sites is 1. The molecule has 0 saturated carbocycles. The second-order valence-electron chi connectivity index (χ2n) is 15.4. The molecule has 0 atom stereocenters. The lowest BCUT2D eigenvalue weighted by atomic mass is 9.69. The van der Waals surface area contributed by atoms with Gasteiger partial charge in [-0.25, -0.2) is 0 Å². The highest BCUT2D eigenvalue weighted by Gasteiger charge is 2.53. The maximum atomic E-state index is 3.43. The third-order valence-corrected chi connectivity index (χ3v) is 12.5. The van der Waals surface area contributed by atoms with Crippen molar-refractivity contribution in [1.82, 2.24) is 0 Å². The molecular formula is C52H37N. The van der Waals surface area contributed by atoms with Gasteiger partial charge in [0.2, 0.25) is 0 Å². The molecule has 0 radical (unpaired) electrons. The van der Waals surface area contributed by atoms with Crippen LogP contribution in [-0.4, -0.2) is 0 Å². The first-order valence-electron chi connectivity index (χ1n) is 18.8. The summed E-state index contributed by atoms with van der Waals surface area (Å²) in [5.74, 6) is 0. The number of nitrogens with zero attached hydrogens (tertiary/aromatic N) is 1. The zero-order valence-corrected chi connectivity index (χ0v) is 29.9. The van der Waals surface area contributed by atoms with Crippen molar-refractivity contribution in [3.63, 3.8) is 0 Å². The topological polar surface area (TPSA) is 3.24 Å². The Morgan fingerprint density at radius 3 is 1.79 bits per heavy atom. The SMILES string of the molecule is CC1(C)c2ccccc2-c2ccc(N(C3=CC4=C(CC3)c3ccccc3C43c4ccccc4-c4ccccc43)c3ccccc3C3=C=C=CC=C3)cc21. The average molecular weight is 676 g/mol. The van der Waals surface area contributed by atoms with E-state index in [1.54, 1.807) is 0 Å². The Morgan fingerprint density at radius 2 is 1.11 bits per heavy atom. The number of hydrogen-bond donors (Lipinski definition) is 0. The maximum absolute atomic E-state index is 3.43. The van der Waals surface area contributed by atoms with Crippen molar-refractivity contribution < 1.29 is 0 Å². The summed E-state index contributed by atoms with van der Waals surface area (Å²) in [6.45, 7) is 4.75. The molecule has 0 unspecified atom stereocenters. The van der Waals surface area contributed by atoms with Crippen LogP contribution in [0.3, 0.4) is 0 Å². The summed E-state index contributed by atoms with van der Waals surface area (Å²) < 4.78 is 0. The maximum Gasteiger partial charge on any atom is 0.0722 e. The monoisotopic (exact) mass is 675 g/mol. The minimum atomic E-state index is -0.375. The lowest BCUT2D eigenvalue weighted by Crippen LogP contribution is -2.28. The highest BCUT2D eigenvalue weighted by molar-refractivity contribution is 5.97. The minimum absolute atomic E-state index is 0.111. The Morgan fingerprint density at radius 1 is 0.547 bits per heavy atom. The molecule has 0 N–H and O–H groups in total. The summed E-state index contributed by atoms with van der Waals surface area (Å²) in [5, 5.41) is 0. The van der Waals surface area contributed by atoms with Gasteiger partial charge in [-0.15, -0.1) is 0 Å². The van der Waals surface area contributed by atoms with E-state index in [2.05, 4.69) is 188 Å². The highest BCUT2D eigenvalue weighted by Crippen LogP contribution is 2.64. The number of hydrogen-bond acceptors (Lipinski definition) is 1. The van der Waals surface area contributed by atoms with Crippen molar-refractivity contribution in [1.29, 1.82) is 0 Å². The predicted octanol–water partition coefficient (Wildman–Crippen LogP) is 12.9. The van der Waals surface area contributed by atoms with Crippen LogP contribution in [0.1, 0.15) is 65.6 Å². The first-order chi connectivity index (χ1) is 26.1. The first kappa shape index (κ1) is 30.3. The van der Waals surface area contributed by atoms with E-state index in [9.17, 15) is 0 Å². The van der Waals surface area contributed by atoms with Crippen molar-refractivity contribution in [2.75, 3.05) is 4.90 Å². The van der Waals surface area contributed by atoms with Crippen molar-refractivity contribution >= 4 is 22.5 Å². The van der Waals surface area contributed by atoms with E-state index in [4.69, 9.17) is 0 Å². The molecule has 0 heterocycles. The van der Waals surface area contributed by atoms with Gasteiger partial charge in [-0.05, 0) is 116 Å². The van der Waals surface area contributed by atoms with E-state index in [0.717, 1.165) is 29.7 Å². The van der Waals surface area contributed by atoms with Crippen molar-refractivity contribution in [2.24, 2.45) is 0 Å². The highest BCUT2D eigenvalue weighted by atomic mass is 15.2. The summed E-state index contributed by atoms with van der Waals surface area (Å²) in [4.78, 5) is 2.56. The number of rotatable bonds is 4. The fraction of sp³-hybridized carbons (Fsp3) is 0.115. The van der Waals surface area contributed by atoms with E-state index in [-0.39, 0.29) is 10.8 Å². The molecule has 6 aromatic rings. The van der Waals surface area contributed by atoms with Gasteiger partial charge < -0.3 is 4.90 Å². The van der Waals surface area contributed by atoms with Gasteiger partial charge >= 0.3 is 0 Å². The van der Waals surface area contributed by atoms with Crippen molar-refractivity contribution in [2.45, 2.75) is 37.5 Å². The van der Waals surface area contributed by atoms with E-state index in [0.29, 0.717) is 0 Å². The Labute approximate surface area is 311 Å². The standard InChI is InChI=1S/C52H37N/c1-51(2)44-23-11-6-19-38(44)42-30-28-35(32-48(42)51)53(50-27-15-10-18-37(50)34-16-4-3-5-17-34)36-29-31-43-41-22-9-14-26-47(41)52(49(43)33-36)45-24-12-7-20-39(45)40-21-8-13-25-46(40)52/h3-4,6-16,18-28,30,32-33H,29,31H2,1-2H3. The van der Waals surface area contributed by atoms with Gasteiger partial charge in [-0.3, -0.25) is 0 Å². The molecule has 1 heteroatoms. The molecule has 11 rings (SSSR count). The van der Waals surface area contributed by atoms with Crippen molar-refractivity contribution in [3.8, 4) is 22.3 Å². The molecule has 0 bridgehead atoms. The summed E-state index contributed by atoms with van der Waals surface area (Å²) in [6.07, 6.45) is 10.6. The Kier molecular flexibility index (Phi) is 6.33. The van der Waals surface area contributed by atoms with Crippen LogP contribution in [0.4, 0.5) is 11.4 Å². The summed E-state index contributed by atoms with van der Waals surface area (Å²) >= 11 is 0. The molecule has 0 fully saturated rings. The van der Waals surface area contributed by atoms with Crippen LogP contribution in [-0.2, 0) is 10.8 Å². The molecule has 5 aliphatic carbocycles. The van der Waals surface area contributed by atoms with Crippen LogP contribution in [0.2, 0.25) is 0 Å². The van der Waals surface area contributed by atoms with Gasteiger partial charge in [0.1, 0.15) is 0 Å². The van der Waals surface area contributed by atoms with Crippen LogP contribution >= 0.6 is 0 Å². The predicted molar refractivity (Wildman–Crippen MR) is 219 cm³/mol. The van der Waals surface area contributed by atoms with Crippen LogP contribution < -0.4 is 4.90 Å². The molecule has 1 nitrogen and oxygen atoms in total. The van der Waals surface area contributed by atoms with Gasteiger partial charge in [0.15, 0.2) is 0 Å². The Hall–Kier alpha value is -6.36. The van der Waals surface area contributed by atoms with Gasteiger partial charge in [-0.2, -0.15) is 0 Å². The number of allylic oxidation sites excluding steroid dienone is 8. The Balaban J connectivity index is 1.18. The lowest BCUT2D eigenvalue weighted by molar-refractivity contribution is 0.660. The zero-order chi connectivity index (χ0) is 35.3. The molecule has 1 spiro atoms. The fourth-order valence-electron chi connectivity index (χ4n) is 10.2. The normalized spacial score (nSPS) is 17.1. The minimum Gasteiger partial charge on any atom is -0.314 e. The molecule has 6 aromatic carbocycles. The second-order valence-corrected chi connectivity index (χ2v) is 15.4. The summed E-state index contributed by atoms with van der Waals surface area (Å²) in [5.41, 5.74) is 28.6. The molecule has 250 valence electrons. The summed E-state index contributed by atoms with van der Waals surface area (Å²) in [6, 6.07) is 52.3. The molecule has 53 heavy (non-hydrogen) atoms. The zero-order valence-electron chi connectivity index (χ0n) is 29.9. The van der Waals surface area contributed by atoms with Crippen LogP contribution in [0, 0.1) is 0 Å². The number of anilines is 2. The van der Waals surface area contributed by atoms with E-state index >= 15 is 0 Å². The van der Waals surface area contributed by atoms with E-state index in [1.807, 2.05) is 6.08 Å². The van der Waals surface area contributed by atoms with Crippen LogP contribution in [0.15, 0.2) is 187 Å². The molecule has 0 aliphatic heterocycles. The van der Waals surface area contributed by atoms with Crippen LogP contribution in [0.5, 0.6) is 0 Å². The molecule has 0 aromatic heterocycles. The van der Waals surface area contributed by atoms with Gasteiger partial charge in [0, 0.05) is 27.9 Å². The van der Waals surface area contributed by atoms with Gasteiger partial charge in [-0.1, -0.05) is 153 Å². The second kappa shape index (κ2) is 11.1. The van der Waals surface area contributed by atoms with Crippen LogP contribution in [0.25, 0.3) is 33.4 Å². The largest absolute Gasteiger partial charge is 0.314 e. The lowest BCUT2D eigenvalue weighted by Gasteiger charge is -2.36. The van der Waals surface area contributed by atoms with E-state index in [1.165, 1.54) is 78.2 Å². The molecule has 5 aliphatic rings. The van der Waals surface area contributed by atoms with Gasteiger partial charge in [0.25, 0.3) is 0 Å².